The molecule has 2 aliphatic rings. The van der Waals surface area contributed by atoms with Gasteiger partial charge in [-0.2, -0.15) is 0 Å². The SMILES string of the molecule is COc1ccc(C2=Nc3ccccc3NC(C3CC3)=N2)cc1. The highest BCUT2D eigenvalue weighted by Crippen LogP contribution is 2.35. The van der Waals surface area contributed by atoms with Crippen molar-refractivity contribution >= 4 is 23.0 Å². The van der Waals surface area contributed by atoms with Crippen LogP contribution >= 0.6 is 0 Å². The van der Waals surface area contributed by atoms with Crippen molar-refractivity contribution < 1.29 is 4.74 Å². The molecule has 0 amide bonds. The third-order valence-corrected chi connectivity index (χ3v) is 3.93. The van der Waals surface area contributed by atoms with Gasteiger partial charge in [-0.3, -0.25) is 0 Å². The zero-order valence-corrected chi connectivity index (χ0v) is 12.4. The number of benzene rings is 2. The second-order valence-corrected chi connectivity index (χ2v) is 5.58. The minimum atomic E-state index is 0.537. The number of fused-ring (bicyclic) bond motifs is 1. The summed E-state index contributed by atoms with van der Waals surface area (Å²) >= 11 is 0. The van der Waals surface area contributed by atoms with Crippen molar-refractivity contribution in [1.29, 1.82) is 0 Å². The van der Waals surface area contributed by atoms with Crippen LogP contribution in [0.5, 0.6) is 5.75 Å². The average molecular weight is 291 g/mol. The van der Waals surface area contributed by atoms with Crippen molar-refractivity contribution in [3.05, 3.63) is 54.1 Å². The van der Waals surface area contributed by atoms with E-state index in [1.165, 1.54) is 12.8 Å². The first-order valence-corrected chi connectivity index (χ1v) is 7.51. The number of hydrogen-bond acceptors (Lipinski definition) is 4. The summed E-state index contributed by atoms with van der Waals surface area (Å²) in [6, 6.07) is 16.0. The number of anilines is 1. The van der Waals surface area contributed by atoms with Gasteiger partial charge in [-0.25, -0.2) is 9.98 Å². The van der Waals surface area contributed by atoms with Crippen molar-refractivity contribution in [2.24, 2.45) is 15.9 Å². The quantitative estimate of drug-likeness (QED) is 0.928. The van der Waals surface area contributed by atoms with Crippen molar-refractivity contribution in [3.63, 3.8) is 0 Å². The number of ether oxygens (including phenoxy) is 1. The third kappa shape index (κ3) is 2.48. The van der Waals surface area contributed by atoms with Crippen LogP contribution in [0, 0.1) is 5.92 Å². The van der Waals surface area contributed by atoms with Gasteiger partial charge in [0.05, 0.1) is 18.5 Å². The second kappa shape index (κ2) is 5.30. The van der Waals surface area contributed by atoms with E-state index in [9.17, 15) is 0 Å². The topological polar surface area (TPSA) is 46.0 Å². The molecule has 1 fully saturated rings. The first-order valence-electron chi connectivity index (χ1n) is 7.51. The Kier molecular flexibility index (Phi) is 3.15. The van der Waals surface area contributed by atoms with Crippen LogP contribution in [0.2, 0.25) is 0 Å². The summed E-state index contributed by atoms with van der Waals surface area (Å²) in [5.41, 5.74) is 2.95. The molecular formula is C18H17N3O. The molecule has 4 heteroatoms. The molecule has 0 aromatic heterocycles. The maximum Gasteiger partial charge on any atom is 0.161 e. The molecule has 0 atom stereocenters. The second-order valence-electron chi connectivity index (χ2n) is 5.58. The summed E-state index contributed by atoms with van der Waals surface area (Å²) in [7, 11) is 1.67. The van der Waals surface area contributed by atoms with Gasteiger partial charge in [-0.05, 0) is 49.2 Å². The molecule has 110 valence electrons. The maximum absolute atomic E-state index is 5.22. The summed E-state index contributed by atoms with van der Waals surface area (Å²) in [5.74, 6) is 3.15. The molecule has 1 N–H and O–H groups in total. The van der Waals surface area contributed by atoms with Gasteiger partial charge in [0, 0.05) is 11.5 Å². The fourth-order valence-corrected chi connectivity index (χ4v) is 2.52. The number of rotatable bonds is 3. The van der Waals surface area contributed by atoms with E-state index < -0.39 is 0 Å². The van der Waals surface area contributed by atoms with Crippen molar-refractivity contribution in [2.45, 2.75) is 12.8 Å². The van der Waals surface area contributed by atoms with Crippen LogP contribution < -0.4 is 10.1 Å². The molecule has 0 saturated heterocycles. The number of hydrogen-bond donors (Lipinski definition) is 1. The lowest BCUT2D eigenvalue weighted by atomic mass is 10.2. The highest BCUT2D eigenvalue weighted by Gasteiger charge is 2.29. The number of nitrogens with one attached hydrogen (secondary N) is 1. The fourth-order valence-electron chi connectivity index (χ4n) is 2.52. The summed E-state index contributed by atoms with van der Waals surface area (Å²) in [5, 5.41) is 3.45. The number of aliphatic imine (C=N–C) groups is 2. The molecule has 0 unspecified atom stereocenters. The molecule has 1 aliphatic carbocycles. The first-order chi connectivity index (χ1) is 10.8. The van der Waals surface area contributed by atoms with Gasteiger partial charge in [0.1, 0.15) is 11.6 Å². The number of methoxy groups -OCH3 is 1. The lowest BCUT2D eigenvalue weighted by Gasteiger charge is -2.07. The van der Waals surface area contributed by atoms with Gasteiger partial charge < -0.3 is 10.1 Å². The van der Waals surface area contributed by atoms with Gasteiger partial charge >= 0.3 is 0 Å². The van der Waals surface area contributed by atoms with E-state index in [1.54, 1.807) is 7.11 Å². The molecule has 1 heterocycles. The first kappa shape index (κ1) is 13.1. The van der Waals surface area contributed by atoms with Crippen LogP contribution in [0.4, 0.5) is 11.4 Å². The molecule has 22 heavy (non-hydrogen) atoms. The Labute approximate surface area is 129 Å². The standard InChI is InChI=1S/C18H17N3O/c1-22-14-10-8-13(9-11-14)18-20-16-5-3-2-4-15(16)19-17(21-18)12-6-7-12/h2-5,8-12H,6-7H2,1H3,(H,19,20,21). The highest BCUT2D eigenvalue weighted by atomic mass is 16.5. The molecule has 0 spiro atoms. The van der Waals surface area contributed by atoms with E-state index in [1.807, 2.05) is 48.5 Å². The predicted octanol–water partition coefficient (Wildman–Crippen LogP) is 4.01. The summed E-state index contributed by atoms with van der Waals surface area (Å²) < 4.78 is 5.22. The molecule has 2 aromatic carbocycles. The van der Waals surface area contributed by atoms with Crippen LogP contribution in [0.3, 0.4) is 0 Å². The molecule has 4 nitrogen and oxygen atoms in total. The Hall–Kier alpha value is -2.62. The summed E-state index contributed by atoms with van der Waals surface area (Å²) in [4.78, 5) is 9.54. The Balaban J connectivity index is 1.80. The molecule has 4 rings (SSSR count). The van der Waals surface area contributed by atoms with E-state index in [0.29, 0.717) is 5.92 Å². The monoisotopic (exact) mass is 291 g/mol. The predicted molar refractivity (Wildman–Crippen MR) is 89.4 cm³/mol. The smallest absolute Gasteiger partial charge is 0.161 e. The lowest BCUT2D eigenvalue weighted by molar-refractivity contribution is 0.415. The van der Waals surface area contributed by atoms with Crippen molar-refractivity contribution in [2.75, 3.05) is 12.4 Å². The molecule has 1 aliphatic heterocycles. The number of nitrogens with zero attached hydrogens (tertiary/aromatic N) is 2. The summed E-state index contributed by atoms with van der Waals surface area (Å²) in [6.07, 6.45) is 2.40. The van der Waals surface area contributed by atoms with E-state index in [0.717, 1.165) is 34.4 Å². The minimum Gasteiger partial charge on any atom is -0.497 e. The summed E-state index contributed by atoms with van der Waals surface area (Å²) in [6.45, 7) is 0. The Morgan fingerprint density at radius 3 is 2.50 bits per heavy atom. The largest absolute Gasteiger partial charge is 0.497 e. The van der Waals surface area contributed by atoms with Crippen molar-refractivity contribution in [1.82, 2.24) is 0 Å². The van der Waals surface area contributed by atoms with Gasteiger partial charge in [0.2, 0.25) is 0 Å². The van der Waals surface area contributed by atoms with Gasteiger partial charge in [0.25, 0.3) is 0 Å². The molecular weight excluding hydrogens is 274 g/mol. The average Bonchev–Trinajstić information content (AvgIpc) is 3.40. The normalized spacial score (nSPS) is 16.8. The Bertz CT molecular complexity index is 758. The number of para-hydroxylation sites is 2. The zero-order valence-electron chi connectivity index (χ0n) is 12.4. The molecule has 2 aromatic rings. The minimum absolute atomic E-state index is 0.537. The fraction of sp³-hybridized carbons (Fsp3) is 0.222. The molecule has 0 bridgehead atoms. The van der Waals surface area contributed by atoms with Crippen molar-refractivity contribution in [3.8, 4) is 5.75 Å². The number of amidine groups is 2. The zero-order chi connectivity index (χ0) is 14.9. The third-order valence-electron chi connectivity index (χ3n) is 3.93. The Morgan fingerprint density at radius 2 is 1.77 bits per heavy atom. The van der Waals surface area contributed by atoms with Crippen LogP contribution in [0.25, 0.3) is 0 Å². The van der Waals surface area contributed by atoms with Gasteiger partial charge in [-0.15, -0.1) is 0 Å². The van der Waals surface area contributed by atoms with E-state index in [-0.39, 0.29) is 0 Å². The maximum atomic E-state index is 5.22. The van der Waals surface area contributed by atoms with Crippen LogP contribution in [-0.4, -0.2) is 18.8 Å². The lowest BCUT2D eigenvalue weighted by Crippen LogP contribution is -2.15. The van der Waals surface area contributed by atoms with E-state index in [4.69, 9.17) is 14.7 Å². The van der Waals surface area contributed by atoms with E-state index in [2.05, 4.69) is 5.32 Å². The van der Waals surface area contributed by atoms with Gasteiger partial charge in [-0.1, -0.05) is 12.1 Å². The van der Waals surface area contributed by atoms with Crippen LogP contribution in [0.1, 0.15) is 18.4 Å². The van der Waals surface area contributed by atoms with Gasteiger partial charge in [0.15, 0.2) is 5.84 Å². The van der Waals surface area contributed by atoms with E-state index >= 15 is 0 Å². The highest BCUT2D eigenvalue weighted by molar-refractivity contribution is 6.14. The van der Waals surface area contributed by atoms with Crippen LogP contribution in [0.15, 0.2) is 58.5 Å². The molecule has 1 saturated carbocycles. The Morgan fingerprint density at radius 1 is 1.00 bits per heavy atom. The molecule has 0 radical (unpaired) electrons. The van der Waals surface area contributed by atoms with Crippen LogP contribution in [-0.2, 0) is 0 Å².